The quantitative estimate of drug-likeness (QED) is 0.775. The zero-order chi connectivity index (χ0) is 16.5. The maximum absolute atomic E-state index is 13.0. The molecular formula is C21H17NO2. The van der Waals surface area contributed by atoms with Crippen molar-refractivity contribution in [2.45, 2.75) is 5.92 Å². The summed E-state index contributed by atoms with van der Waals surface area (Å²) < 4.78 is 5.22. The van der Waals surface area contributed by atoms with Crippen LogP contribution < -0.4 is 10.1 Å². The van der Waals surface area contributed by atoms with E-state index in [2.05, 4.69) is 17.4 Å². The lowest BCUT2D eigenvalue weighted by Gasteiger charge is -2.14. The number of carbonyl (C=O) groups is 1. The standard InChI is InChI=1S/C21H17NO2/c1-24-15-8-6-7-14(13-15)22-21(23)20-18-11-4-2-9-16(18)17-10-3-5-12-19(17)20/h2-13,20H,1H3,(H,22,23). The highest BCUT2D eigenvalue weighted by Gasteiger charge is 2.33. The smallest absolute Gasteiger partial charge is 0.236 e. The number of benzene rings is 3. The summed E-state index contributed by atoms with van der Waals surface area (Å²) in [6.45, 7) is 0. The summed E-state index contributed by atoms with van der Waals surface area (Å²) in [6, 6.07) is 23.6. The molecule has 3 heteroatoms. The molecule has 1 amide bonds. The van der Waals surface area contributed by atoms with Gasteiger partial charge in [0.2, 0.25) is 5.91 Å². The second-order valence-electron chi connectivity index (χ2n) is 5.83. The lowest BCUT2D eigenvalue weighted by molar-refractivity contribution is -0.116. The number of fused-ring (bicyclic) bond motifs is 3. The van der Waals surface area contributed by atoms with Gasteiger partial charge in [-0.2, -0.15) is 0 Å². The van der Waals surface area contributed by atoms with Gasteiger partial charge in [-0.1, -0.05) is 54.6 Å². The van der Waals surface area contributed by atoms with Crippen LogP contribution in [-0.4, -0.2) is 13.0 Å². The van der Waals surface area contributed by atoms with Crippen LogP contribution in [0.5, 0.6) is 5.75 Å². The minimum absolute atomic E-state index is 0.0272. The highest BCUT2D eigenvalue weighted by Crippen LogP contribution is 2.44. The van der Waals surface area contributed by atoms with Gasteiger partial charge in [0.15, 0.2) is 0 Å². The van der Waals surface area contributed by atoms with E-state index < -0.39 is 0 Å². The molecule has 118 valence electrons. The van der Waals surface area contributed by atoms with Gasteiger partial charge in [0.25, 0.3) is 0 Å². The average molecular weight is 315 g/mol. The topological polar surface area (TPSA) is 38.3 Å². The molecule has 0 saturated heterocycles. The minimum Gasteiger partial charge on any atom is -0.497 e. The maximum Gasteiger partial charge on any atom is 0.236 e. The van der Waals surface area contributed by atoms with Crippen molar-refractivity contribution in [3.63, 3.8) is 0 Å². The predicted molar refractivity (Wildman–Crippen MR) is 95.3 cm³/mol. The molecule has 0 aliphatic heterocycles. The molecule has 1 aliphatic carbocycles. The van der Waals surface area contributed by atoms with Crippen LogP contribution in [0.3, 0.4) is 0 Å². The third-order valence-electron chi connectivity index (χ3n) is 4.43. The van der Waals surface area contributed by atoms with Gasteiger partial charge in [-0.25, -0.2) is 0 Å². The molecule has 0 spiro atoms. The molecule has 3 aromatic carbocycles. The molecule has 0 bridgehead atoms. The van der Waals surface area contributed by atoms with Crippen molar-refractivity contribution in [3.8, 4) is 16.9 Å². The van der Waals surface area contributed by atoms with Crippen molar-refractivity contribution in [1.29, 1.82) is 0 Å². The first-order valence-electron chi connectivity index (χ1n) is 7.91. The van der Waals surface area contributed by atoms with Crippen LogP contribution in [0.4, 0.5) is 5.69 Å². The third kappa shape index (κ3) is 2.35. The molecule has 0 unspecified atom stereocenters. The Hall–Kier alpha value is -3.07. The number of amides is 1. The second kappa shape index (κ2) is 5.85. The Morgan fingerprint density at radius 2 is 1.50 bits per heavy atom. The molecule has 0 heterocycles. The van der Waals surface area contributed by atoms with Gasteiger partial charge in [0, 0.05) is 11.8 Å². The van der Waals surface area contributed by atoms with Crippen LogP contribution in [0, 0.1) is 0 Å². The van der Waals surface area contributed by atoms with E-state index in [1.54, 1.807) is 7.11 Å². The summed E-state index contributed by atoms with van der Waals surface area (Å²) in [5, 5.41) is 3.02. The fourth-order valence-electron chi connectivity index (χ4n) is 3.35. The summed E-state index contributed by atoms with van der Waals surface area (Å²) in [4.78, 5) is 13.0. The third-order valence-corrected chi connectivity index (χ3v) is 4.43. The Balaban J connectivity index is 1.72. The van der Waals surface area contributed by atoms with Gasteiger partial charge in [-0.3, -0.25) is 4.79 Å². The highest BCUT2D eigenvalue weighted by molar-refractivity contribution is 6.03. The predicted octanol–water partition coefficient (Wildman–Crippen LogP) is 4.45. The van der Waals surface area contributed by atoms with Crippen molar-refractivity contribution in [2.75, 3.05) is 12.4 Å². The monoisotopic (exact) mass is 315 g/mol. The first kappa shape index (κ1) is 14.5. The average Bonchev–Trinajstić information content (AvgIpc) is 2.96. The number of methoxy groups -OCH3 is 1. The first-order chi connectivity index (χ1) is 11.8. The van der Waals surface area contributed by atoms with Gasteiger partial charge < -0.3 is 10.1 Å². The SMILES string of the molecule is COc1cccc(NC(=O)C2c3ccccc3-c3ccccc32)c1. The van der Waals surface area contributed by atoms with Crippen molar-refractivity contribution in [2.24, 2.45) is 0 Å². The molecule has 24 heavy (non-hydrogen) atoms. The van der Waals surface area contributed by atoms with E-state index in [9.17, 15) is 4.79 Å². The number of nitrogens with one attached hydrogen (secondary N) is 1. The molecule has 0 atom stereocenters. The Morgan fingerprint density at radius 1 is 0.875 bits per heavy atom. The maximum atomic E-state index is 13.0. The van der Waals surface area contributed by atoms with Gasteiger partial charge in [-0.15, -0.1) is 0 Å². The Kier molecular flexibility index (Phi) is 3.54. The molecule has 4 rings (SSSR count). The first-order valence-corrected chi connectivity index (χ1v) is 7.91. The van der Waals surface area contributed by atoms with Gasteiger partial charge in [0.1, 0.15) is 5.75 Å². The summed E-state index contributed by atoms with van der Waals surface area (Å²) >= 11 is 0. The summed E-state index contributed by atoms with van der Waals surface area (Å²) in [7, 11) is 1.62. The molecule has 1 N–H and O–H groups in total. The molecule has 3 nitrogen and oxygen atoms in total. The Morgan fingerprint density at radius 3 is 2.12 bits per heavy atom. The highest BCUT2D eigenvalue weighted by atomic mass is 16.5. The van der Waals surface area contributed by atoms with E-state index in [0.29, 0.717) is 0 Å². The van der Waals surface area contributed by atoms with Gasteiger partial charge in [0.05, 0.1) is 13.0 Å². The number of carbonyl (C=O) groups excluding carboxylic acids is 1. The summed E-state index contributed by atoms with van der Waals surface area (Å²) in [6.07, 6.45) is 0. The van der Waals surface area contributed by atoms with E-state index in [0.717, 1.165) is 33.7 Å². The van der Waals surface area contributed by atoms with E-state index in [-0.39, 0.29) is 11.8 Å². The van der Waals surface area contributed by atoms with Crippen LogP contribution in [-0.2, 0) is 4.79 Å². The van der Waals surface area contributed by atoms with E-state index in [1.165, 1.54) is 0 Å². The van der Waals surface area contributed by atoms with E-state index in [4.69, 9.17) is 4.74 Å². The summed E-state index contributed by atoms with van der Waals surface area (Å²) in [5.74, 6) is 0.407. The van der Waals surface area contributed by atoms with Gasteiger partial charge in [-0.05, 0) is 34.4 Å². The molecule has 0 saturated carbocycles. The van der Waals surface area contributed by atoms with Crippen LogP contribution in [0.15, 0.2) is 72.8 Å². The van der Waals surface area contributed by atoms with Crippen LogP contribution in [0.25, 0.3) is 11.1 Å². The largest absolute Gasteiger partial charge is 0.497 e. The van der Waals surface area contributed by atoms with Crippen LogP contribution in [0.1, 0.15) is 17.0 Å². The van der Waals surface area contributed by atoms with Crippen LogP contribution in [0.2, 0.25) is 0 Å². The molecular weight excluding hydrogens is 298 g/mol. The number of ether oxygens (including phenoxy) is 1. The zero-order valence-corrected chi connectivity index (χ0v) is 13.3. The zero-order valence-electron chi connectivity index (χ0n) is 13.3. The van der Waals surface area contributed by atoms with E-state index in [1.807, 2.05) is 60.7 Å². The fraction of sp³-hybridized carbons (Fsp3) is 0.0952. The number of anilines is 1. The summed E-state index contributed by atoms with van der Waals surface area (Å²) in [5.41, 5.74) is 5.12. The van der Waals surface area contributed by atoms with Crippen molar-refractivity contribution in [1.82, 2.24) is 0 Å². The normalized spacial score (nSPS) is 12.4. The number of hydrogen-bond acceptors (Lipinski definition) is 2. The minimum atomic E-state index is -0.288. The molecule has 3 aromatic rings. The molecule has 0 aromatic heterocycles. The van der Waals surface area contributed by atoms with Crippen LogP contribution >= 0.6 is 0 Å². The Bertz CT molecular complexity index is 871. The molecule has 0 radical (unpaired) electrons. The molecule has 0 fully saturated rings. The number of hydrogen-bond donors (Lipinski definition) is 1. The van der Waals surface area contributed by atoms with Crippen molar-refractivity contribution in [3.05, 3.63) is 83.9 Å². The van der Waals surface area contributed by atoms with Crippen molar-refractivity contribution < 1.29 is 9.53 Å². The number of rotatable bonds is 3. The van der Waals surface area contributed by atoms with Crippen molar-refractivity contribution >= 4 is 11.6 Å². The molecule has 1 aliphatic rings. The Labute approximate surface area is 140 Å². The lowest BCUT2D eigenvalue weighted by Crippen LogP contribution is -2.20. The second-order valence-corrected chi connectivity index (χ2v) is 5.83. The fourth-order valence-corrected chi connectivity index (χ4v) is 3.35. The van der Waals surface area contributed by atoms with E-state index >= 15 is 0 Å². The lowest BCUT2D eigenvalue weighted by atomic mass is 9.96. The van der Waals surface area contributed by atoms with Gasteiger partial charge >= 0.3 is 0 Å².